The number of quaternary nitrogens is 1. The van der Waals surface area contributed by atoms with Gasteiger partial charge < -0.3 is 4.74 Å². The van der Waals surface area contributed by atoms with Gasteiger partial charge in [-0.05, 0) is 71.1 Å². The molecule has 3 heteroatoms. The van der Waals surface area contributed by atoms with E-state index in [1.54, 1.807) is 0 Å². The Hall–Kier alpha value is -0.830. The average Bonchev–Trinajstić information content (AvgIpc) is 3.25. The smallest absolute Gasteiger partial charge is 0.420 e. The van der Waals surface area contributed by atoms with Crippen LogP contribution in [0.4, 0.5) is 4.79 Å². The lowest BCUT2D eigenvalue weighted by atomic mass is 10.0. The first kappa shape index (κ1) is 59.2. The molecule has 0 saturated heterocycles. The minimum atomic E-state index is 0.0761. The molecule has 0 aromatic carbocycles. The molecule has 0 N–H and O–H groups in total. The molecular weight excluding hydrogens is 731 g/mol. The zero-order chi connectivity index (χ0) is 43.6. The molecule has 0 fully saturated rings. The highest BCUT2D eigenvalue weighted by Gasteiger charge is 2.37. The molecule has 0 aromatic rings. The normalized spacial score (nSPS) is 12.0. The van der Waals surface area contributed by atoms with Crippen molar-refractivity contribution >= 4 is 6.09 Å². The van der Waals surface area contributed by atoms with Crippen molar-refractivity contribution in [2.24, 2.45) is 0 Å². The summed E-state index contributed by atoms with van der Waals surface area (Å²) in [5.74, 6) is 0. The van der Waals surface area contributed by atoms with Gasteiger partial charge >= 0.3 is 6.09 Å². The molecule has 3 nitrogen and oxygen atoms in total. The minimum absolute atomic E-state index is 0.0761. The first-order chi connectivity index (χ1) is 29.7. The Morgan fingerprint density at radius 3 is 0.717 bits per heavy atom. The second kappa shape index (κ2) is 50.8. The third-order valence-electron chi connectivity index (χ3n) is 13.6. The maximum atomic E-state index is 13.8. The molecule has 0 saturated carbocycles. The lowest BCUT2D eigenvalue weighted by Crippen LogP contribution is -2.55. The molecule has 0 unspecified atom stereocenters. The van der Waals surface area contributed by atoms with Crippen LogP contribution in [-0.4, -0.2) is 36.8 Å². The van der Waals surface area contributed by atoms with E-state index in [1.165, 1.54) is 289 Å². The van der Waals surface area contributed by atoms with Crippen molar-refractivity contribution in [1.29, 1.82) is 0 Å². The van der Waals surface area contributed by atoms with Crippen molar-refractivity contribution in [2.75, 3.05) is 26.2 Å². The van der Waals surface area contributed by atoms with E-state index in [-0.39, 0.29) is 6.09 Å². The Morgan fingerprint density at radius 2 is 0.500 bits per heavy atom. The number of carbonyl (C=O) groups excluding carboxylic acids is 1. The number of rotatable bonds is 51. The second-order valence-electron chi connectivity index (χ2n) is 19.6. The Bertz CT molecular complexity index is 802. The van der Waals surface area contributed by atoms with Crippen LogP contribution in [0.1, 0.15) is 323 Å². The Balaban J connectivity index is 4.57. The molecule has 0 radical (unpaired) electrons. The van der Waals surface area contributed by atoms with Gasteiger partial charge in [0.05, 0.1) is 26.2 Å². The van der Waals surface area contributed by atoms with Gasteiger partial charge in [0, 0.05) is 0 Å². The van der Waals surface area contributed by atoms with Crippen LogP contribution in [0.15, 0.2) is 12.2 Å². The van der Waals surface area contributed by atoms with E-state index in [2.05, 4.69) is 32.9 Å². The third kappa shape index (κ3) is 42.5. The van der Waals surface area contributed by atoms with E-state index < -0.39 is 0 Å². The van der Waals surface area contributed by atoms with Crippen LogP contribution in [0.25, 0.3) is 0 Å². The summed E-state index contributed by atoms with van der Waals surface area (Å²) in [5, 5.41) is 0. The molecule has 358 valence electrons. The molecule has 0 heterocycles. The highest BCUT2D eigenvalue weighted by atomic mass is 16.6. The maximum Gasteiger partial charge on any atom is 0.516 e. The van der Waals surface area contributed by atoms with E-state index in [0.717, 1.165) is 26.1 Å². The van der Waals surface area contributed by atoms with Crippen LogP contribution in [0, 0.1) is 0 Å². The Labute approximate surface area is 380 Å². The molecule has 0 atom stereocenters. The average molecular weight is 846 g/mol. The van der Waals surface area contributed by atoms with Gasteiger partial charge in [0.15, 0.2) is 0 Å². The van der Waals surface area contributed by atoms with Crippen LogP contribution in [-0.2, 0) is 4.74 Å². The standard InChI is InChI=1S/C57H114NO2/c1-5-9-12-15-18-21-24-27-30-33-36-39-42-45-48-51-54-58(57(59)60-8-4,55-52-49-46-43-40-37-34-31-28-25-22-19-16-13-10-6-2)56-53-50-47-44-41-38-35-32-29-26-23-20-17-14-11-7-3/h27,30H,5-26,28-29,31-56H2,1-4H3/q+1/b30-27-. The molecule has 0 rings (SSSR count). The number of hydrogen-bond donors (Lipinski definition) is 0. The van der Waals surface area contributed by atoms with E-state index in [1.807, 2.05) is 6.92 Å². The summed E-state index contributed by atoms with van der Waals surface area (Å²) in [4.78, 5) is 13.8. The summed E-state index contributed by atoms with van der Waals surface area (Å²) in [6.07, 6.45) is 68.0. The zero-order valence-corrected chi connectivity index (χ0v) is 42.3. The van der Waals surface area contributed by atoms with Crippen LogP contribution in [0.2, 0.25) is 0 Å². The second-order valence-corrected chi connectivity index (χ2v) is 19.6. The van der Waals surface area contributed by atoms with Crippen molar-refractivity contribution in [1.82, 2.24) is 0 Å². The summed E-state index contributed by atoms with van der Waals surface area (Å²) in [5.41, 5.74) is 0. The summed E-state index contributed by atoms with van der Waals surface area (Å²) in [7, 11) is 0. The number of unbranched alkanes of at least 4 members (excludes halogenated alkanes) is 42. The fourth-order valence-corrected chi connectivity index (χ4v) is 9.46. The number of ether oxygens (including phenoxy) is 1. The van der Waals surface area contributed by atoms with Crippen LogP contribution in [0.3, 0.4) is 0 Å². The van der Waals surface area contributed by atoms with E-state index in [0.29, 0.717) is 11.1 Å². The van der Waals surface area contributed by atoms with Crippen LogP contribution < -0.4 is 0 Å². The highest BCUT2D eigenvalue weighted by Crippen LogP contribution is 2.22. The number of nitrogens with zero attached hydrogens (tertiary/aromatic N) is 1. The molecule has 0 aromatic heterocycles. The zero-order valence-electron chi connectivity index (χ0n) is 42.3. The number of hydrogen-bond acceptors (Lipinski definition) is 2. The highest BCUT2D eigenvalue weighted by molar-refractivity contribution is 5.59. The quantitative estimate of drug-likeness (QED) is 0.0346. The van der Waals surface area contributed by atoms with E-state index in [9.17, 15) is 4.79 Å². The van der Waals surface area contributed by atoms with Crippen LogP contribution in [0.5, 0.6) is 0 Å². The summed E-state index contributed by atoms with van der Waals surface area (Å²) in [6.45, 7) is 12.4. The lowest BCUT2D eigenvalue weighted by Gasteiger charge is -2.35. The Morgan fingerprint density at radius 1 is 0.300 bits per heavy atom. The molecule has 0 aliphatic heterocycles. The number of amides is 1. The van der Waals surface area contributed by atoms with Crippen molar-refractivity contribution in [2.45, 2.75) is 323 Å². The first-order valence-corrected chi connectivity index (χ1v) is 28.3. The van der Waals surface area contributed by atoms with Gasteiger partial charge in [0.25, 0.3) is 0 Å². The molecule has 0 aliphatic carbocycles. The monoisotopic (exact) mass is 845 g/mol. The lowest BCUT2D eigenvalue weighted by molar-refractivity contribution is -0.858. The fourth-order valence-electron chi connectivity index (χ4n) is 9.46. The summed E-state index contributed by atoms with van der Waals surface area (Å²) >= 11 is 0. The number of carbonyl (C=O) groups is 1. The maximum absolute atomic E-state index is 13.8. The third-order valence-corrected chi connectivity index (χ3v) is 13.6. The van der Waals surface area contributed by atoms with Gasteiger partial charge in [-0.25, -0.2) is 4.48 Å². The molecular formula is C57H114NO2+. The van der Waals surface area contributed by atoms with E-state index >= 15 is 0 Å². The summed E-state index contributed by atoms with van der Waals surface area (Å²) < 4.78 is 6.46. The fraction of sp³-hybridized carbons (Fsp3) is 0.947. The minimum Gasteiger partial charge on any atom is -0.420 e. The van der Waals surface area contributed by atoms with Crippen molar-refractivity contribution in [3.8, 4) is 0 Å². The SMILES string of the molecule is CCCCCCCC/C=C\CCCCCCCC[N+](CCCCCCCCCCCCCCCCCC)(CCCCCCCCCCCCCCCCCC)C(=O)OCC. The Kier molecular flexibility index (Phi) is 50.1. The van der Waals surface area contributed by atoms with Crippen molar-refractivity contribution in [3.63, 3.8) is 0 Å². The van der Waals surface area contributed by atoms with Gasteiger partial charge in [0.2, 0.25) is 0 Å². The number of allylic oxidation sites excluding steroid dienone is 2. The van der Waals surface area contributed by atoms with Gasteiger partial charge in [-0.2, -0.15) is 4.79 Å². The molecule has 60 heavy (non-hydrogen) atoms. The van der Waals surface area contributed by atoms with Gasteiger partial charge in [-0.3, -0.25) is 0 Å². The molecule has 1 amide bonds. The predicted octanol–water partition coefficient (Wildman–Crippen LogP) is 20.5. The van der Waals surface area contributed by atoms with Crippen LogP contribution >= 0.6 is 0 Å². The molecule has 0 bridgehead atoms. The van der Waals surface area contributed by atoms with Gasteiger partial charge in [0.1, 0.15) is 0 Å². The summed E-state index contributed by atoms with van der Waals surface area (Å²) in [6, 6.07) is 0. The van der Waals surface area contributed by atoms with Gasteiger partial charge in [-0.1, -0.05) is 264 Å². The molecule has 0 spiro atoms. The van der Waals surface area contributed by atoms with Crippen molar-refractivity contribution < 1.29 is 14.0 Å². The van der Waals surface area contributed by atoms with Gasteiger partial charge in [-0.15, -0.1) is 0 Å². The van der Waals surface area contributed by atoms with E-state index in [4.69, 9.17) is 4.74 Å². The largest absolute Gasteiger partial charge is 0.516 e. The predicted molar refractivity (Wildman–Crippen MR) is 270 cm³/mol. The first-order valence-electron chi connectivity index (χ1n) is 28.3. The molecule has 0 aliphatic rings. The topological polar surface area (TPSA) is 26.3 Å². The van der Waals surface area contributed by atoms with Crippen molar-refractivity contribution in [3.05, 3.63) is 12.2 Å².